The van der Waals surface area contributed by atoms with E-state index in [1.165, 1.54) is 0 Å². The van der Waals surface area contributed by atoms with Crippen molar-refractivity contribution >= 4 is 17.5 Å². The quantitative estimate of drug-likeness (QED) is 0.673. The highest BCUT2D eigenvalue weighted by Gasteiger charge is 2.45. The molecule has 0 bridgehead atoms. The Morgan fingerprint density at radius 1 is 1.22 bits per heavy atom. The Hall–Kier alpha value is 0.314. The van der Waals surface area contributed by atoms with Crippen molar-refractivity contribution in [2.75, 3.05) is 13.2 Å². The highest BCUT2D eigenvalue weighted by Crippen LogP contribution is 2.25. The smallest absolute Gasteiger partial charge is 0.384 e. The molecule has 2 unspecified atom stereocenters. The monoisotopic (exact) mass is 291 g/mol. The molecule has 0 N–H and O–H groups in total. The van der Waals surface area contributed by atoms with E-state index in [9.17, 15) is 0 Å². The van der Waals surface area contributed by atoms with Gasteiger partial charge in [-0.15, -0.1) is 0 Å². The van der Waals surface area contributed by atoms with Crippen LogP contribution in [0.1, 0.15) is 41.5 Å². The molecular weight excluding hydrogens is 258 g/mol. The molecule has 0 heterocycles. The van der Waals surface area contributed by atoms with Crippen LogP contribution in [-0.2, 0) is 8.85 Å². The molecule has 110 valence electrons. The SMILES string of the molecule is CCO[Si](C)(OC(C)[SiH](C)C)N(CC)C(C)(C)C. The average molecular weight is 292 g/mol. The summed E-state index contributed by atoms with van der Waals surface area (Å²) in [5, 5.41) is 0. The Bertz CT molecular complexity index is 244. The zero-order valence-corrected chi connectivity index (χ0v) is 16.0. The van der Waals surface area contributed by atoms with Crippen LogP contribution >= 0.6 is 0 Å². The molecule has 0 aromatic heterocycles. The van der Waals surface area contributed by atoms with Crippen molar-refractivity contribution in [1.82, 2.24) is 4.57 Å². The zero-order valence-electron chi connectivity index (χ0n) is 13.8. The molecule has 0 radical (unpaired) electrons. The van der Waals surface area contributed by atoms with Crippen molar-refractivity contribution < 1.29 is 8.85 Å². The summed E-state index contributed by atoms with van der Waals surface area (Å²) in [5.41, 5.74) is 0.452. The topological polar surface area (TPSA) is 21.7 Å². The third kappa shape index (κ3) is 5.13. The summed E-state index contributed by atoms with van der Waals surface area (Å²) in [6.45, 7) is 21.7. The summed E-state index contributed by atoms with van der Waals surface area (Å²) in [5.74, 6) is 0. The Balaban J connectivity index is 5.10. The first-order valence-electron chi connectivity index (χ1n) is 7.18. The van der Waals surface area contributed by atoms with Crippen LogP contribution in [0.5, 0.6) is 0 Å². The van der Waals surface area contributed by atoms with E-state index in [-0.39, 0.29) is 5.54 Å². The first-order valence-corrected chi connectivity index (χ1v) is 12.4. The van der Waals surface area contributed by atoms with Gasteiger partial charge in [0.15, 0.2) is 0 Å². The minimum atomic E-state index is -2.27. The van der Waals surface area contributed by atoms with Crippen molar-refractivity contribution in [2.24, 2.45) is 0 Å². The van der Waals surface area contributed by atoms with Crippen molar-refractivity contribution in [1.29, 1.82) is 0 Å². The Morgan fingerprint density at radius 3 is 2.00 bits per heavy atom. The van der Waals surface area contributed by atoms with Gasteiger partial charge in [-0.3, -0.25) is 4.57 Å². The van der Waals surface area contributed by atoms with Gasteiger partial charge in [0, 0.05) is 17.9 Å². The third-order valence-corrected chi connectivity index (χ3v) is 9.26. The van der Waals surface area contributed by atoms with E-state index in [2.05, 4.69) is 65.7 Å². The lowest BCUT2D eigenvalue weighted by Crippen LogP contribution is -2.64. The predicted octanol–water partition coefficient (Wildman–Crippen LogP) is 3.14. The first-order chi connectivity index (χ1) is 8.08. The van der Waals surface area contributed by atoms with Crippen LogP contribution in [0.4, 0.5) is 0 Å². The predicted molar refractivity (Wildman–Crippen MR) is 84.8 cm³/mol. The van der Waals surface area contributed by atoms with Gasteiger partial charge in [-0.1, -0.05) is 20.0 Å². The molecule has 0 rings (SSSR count). The highest BCUT2D eigenvalue weighted by atomic mass is 28.4. The number of rotatable bonds is 7. The molecule has 0 aliphatic rings. The highest BCUT2D eigenvalue weighted by molar-refractivity contribution is 6.65. The molecule has 2 atom stereocenters. The summed E-state index contributed by atoms with van der Waals surface area (Å²) < 4.78 is 14.9. The number of hydrogen-bond donors (Lipinski definition) is 0. The van der Waals surface area contributed by atoms with Crippen LogP contribution < -0.4 is 0 Å². The van der Waals surface area contributed by atoms with Crippen LogP contribution in [0.25, 0.3) is 0 Å². The largest absolute Gasteiger partial charge is 0.424 e. The minimum Gasteiger partial charge on any atom is -0.384 e. The lowest BCUT2D eigenvalue weighted by molar-refractivity contribution is 0.0767. The standard InChI is InChI=1S/C13H33NO2Si2/c1-10-14(13(4,5)6)18(9,15-11-2)16-12(3)17(7)8/h12,17H,10-11H2,1-9H3. The molecule has 0 aromatic carbocycles. The van der Waals surface area contributed by atoms with Gasteiger partial charge in [0.2, 0.25) is 0 Å². The van der Waals surface area contributed by atoms with E-state index in [0.717, 1.165) is 13.2 Å². The van der Waals surface area contributed by atoms with Gasteiger partial charge in [-0.2, -0.15) is 0 Å². The summed E-state index contributed by atoms with van der Waals surface area (Å²) in [6, 6.07) is 0. The van der Waals surface area contributed by atoms with Crippen LogP contribution in [-0.4, -0.2) is 46.5 Å². The molecule has 0 aliphatic carbocycles. The third-order valence-electron chi connectivity index (χ3n) is 3.37. The first kappa shape index (κ1) is 18.3. The van der Waals surface area contributed by atoms with Crippen molar-refractivity contribution in [2.45, 2.75) is 72.4 Å². The lowest BCUT2D eigenvalue weighted by atomic mass is 10.1. The molecule has 0 aromatic rings. The van der Waals surface area contributed by atoms with E-state index in [1.54, 1.807) is 0 Å². The van der Waals surface area contributed by atoms with Gasteiger partial charge < -0.3 is 8.85 Å². The molecule has 5 heteroatoms. The van der Waals surface area contributed by atoms with Gasteiger partial charge in [0.1, 0.15) is 0 Å². The van der Waals surface area contributed by atoms with Crippen LogP contribution in [0.3, 0.4) is 0 Å². The molecule has 0 saturated carbocycles. The molecule has 0 fully saturated rings. The maximum absolute atomic E-state index is 6.42. The molecule has 0 saturated heterocycles. The maximum atomic E-state index is 6.42. The van der Waals surface area contributed by atoms with Gasteiger partial charge >= 0.3 is 8.72 Å². The van der Waals surface area contributed by atoms with Crippen molar-refractivity contribution in [3.8, 4) is 0 Å². The van der Waals surface area contributed by atoms with Gasteiger partial charge in [-0.05, 0) is 47.7 Å². The zero-order chi connectivity index (χ0) is 14.6. The van der Waals surface area contributed by atoms with E-state index < -0.39 is 17.5 Å². The fourth-order valence-corrected chi connectivity index (χ4v) is 7.51. The second-order valence-electron chi connectivity index (χ2n) is 6.31. The maximum Gasteiger partial charge on any atom is 0.424 e. The fourth-order valence-electron chi connectivity index (χ4n) is 2.30. The molecule has 0 spiro atoms. The van der Waals surface area contributed by atoms with Gasteiger partial charge in [-0.25, -0.2) is 0 Å². The Kier molecular flexibility index (Phi) is 7.32. The van der Waals surface area contributed by atoms with Crippen LogP contribution in [0, 0.1) is 0 Å². The van der Waals surface area contributed by atoms with Crippen LogP contribution in [0.2, 0.25) is 19.6 Å². The Morgan fingerprint density at radius 2 is 1.72 bits per heavy atom. The lowest BCUT2D eigenvalue weighted by Gasteiger charge is -2.46. The van der Waals surface area contributed by atoms with E-state index in [4.69, 9.17) is 8.85 Å². The number of nitrogens with zero attached hydrogens (tertiary/aromatic N) is 1. The van der Waals surface area contributed by atoms with E-state index in [1.807, 2.05) is 0 Å². The second kappa shape index (κ2) is 7.19. The second-order valence-corrected chi connectivity index (χ2v) is 12.6. The van der Waals surface area contributed by atoms with Gasteiger partial charge in [0.25, 0.3) is 0 Å². The molecule has 0 aliphatic heterocycles. The van der Waals surface area contributed by atoms with E-state index >= 15 is 0 Å². The molecular formula is C13H33NO2Si2. The van der Waals surface area contributed by atoms with Crippen molar-refractivity contribution in [3.63, 3.8) is 0 Å². The summed E-state index contributed by atoms with van der Waals surface area (Å²) >= 11 is 0. The van der Waals surface area contributed by atoms with Crippen molar-refractivity contribution in [3.05, 3.63) is 0 Å². The minimum absolute atomic E-state index is 0.0865. The molecule has 0 amide bonds. The fraction of sp³-hybridized carbons (Fsp3) is 1.00. The summed E-state index contributed by atoms with van der Waals surface area (Å²) in [6.07, 6.45) is 0. The average Bonchev–Trinajstić information content (AvgIpc) is 2.15. The summed E-state index contributed by atoms with van der Waals surface area (Å²) in [4.78, 5) is 0. The van der Waals surface area contributed by atoms with Crippen LogP contribution in [0.15, 0.2) is 0 Å². The van der Waals surface area contributed by atoms with E-state index in [0.29, 0.717) is 5.73 Å². The Labute approximate surface area is 117 Å². The number of hydrogen-bond acceptors (Lipinski definition) is 3. The normalized spacial score (nSPS) is 18.2. The molecule has 3 nitrogen and oxygen atoms in total. The summed E-state index contributed by atoms with van der Waals surface area (Å²) in [7, 11) is -3.06. The van der Waals surface area contributed by atoms with Gasteiger partial charge in [0.05, 0.1) is 8.80 Å². The molecule has 18 heavy (non-hydrogen) atoms.